The second-order valence-electron chi connectivity index (χ2n) is 5.73. The maximum Gasteiger partial charge on any atom is 0.134 e. The molecule has 1 aliphatic carbocycles. The molecule has 1 heterocycles. The van der Waals surface area contributed by atoms with Gasteiger partial charge in [0, 0.05) is 15.9 Å². The summed E-state index contributed by atoms with van der Waals surface area (Å²) in [6.45, 7) is 4.53. The van der Waals surface area contributed by atoms with Gasteiger partial charge in [-0.3, -0.25) is 0 Å². The van der Waals surface area contributed by atoms with Crippen LogP contribution in [0.4, 0.5) is 0 Å². The minimum atomic E-state index is 0.275. The maximum absolute atomic E-state index is 5.95. The molecule has 3 atom stereocenters. The molecule has 2 aromatic rings. The normalized spacial score (nSPS) is 25.0. The first-order chi connectivity index (χ1) is 9.13. The average Bonchev–Trinajstić information content (AvgIpc) is 2.96. The highest BCUT2D eigenvalue weighted by Gasteiger charge is 2.25. The molecule has 3 heteroatoms. The molecule has 2 nitrogen and oxygen atoms in total. The van der Waals surface area contributed by atoms with Gasteiger partial charge in [-0.05, 0) is 49.9 Å². The highest BCUT2D eigenvalue weighted by atomic mass is 79.9. The number of rotatable bonds is 3. The molecule has 1 fully saturated rings. The van der Waals surface area contributed by atoms with Crippen molar-refractivity contribution in [1.82, 2.24) is 5.32 Å². The van der Waals surface area contributed by atoms with Gasteiger partial charge in [-0.2, -0.15) is 0 Å². The predicted octanol–water partition coefficient (Wildman–Crippen LogP) is 5.03. The number of furan rings is 1. The van der Waals surface area contributed by atoms with E-state index in [2.05, 4.69) is 47.2 Å². The van der Waals surface area contributed by atoms with Crippen LogP contribution in [0, 0.1) is 5.92 Å². The van der Waals surface area contributed by atoms with Crippen LogP contribution in [0.15, 0.2) is 33.2 Å². The summed E-state index contributed by atoms with van der Waals surface area (Å²) in [4.78, 5) is 0. The second kappa shape index (κ2) is 5.29. The number of hydrogen-bond donors (Lipinski definition) is 1. The smallest absolute Gasteiger partial charge is 0.134 e. The van der Waals surface area contributed by atoms with Gasteiger partial charge in [0.2, 0.25) is 0 Å². The molecule has 0 amide bonds. The maximum atomic E-state index is 5.95. The predicted molar refractivity (Wildman–Crippen MR) is 82.3 cm³/mol. The number of halogens is 1. The van der Waals surface area contributed by atoms with E-state index in [-0.39, 0.29) is 6.04 Å². The summed E-state index contributed by atoms with van der Waals surface area (Å²) < 4.78 is 7.04. The first-order valence-corrected chi connectivity index (χ1v) is 7.88. The van der Waals surface area contributed by atoms with Gasteiger partial charge in [-0.15, -0.1) is 0 Å². The Morgan fingerprint density at radius 1 is 1.32 bits per heavy atom. The molecule has 0 aliphatic heterocycles. The van der Waals surface area contributed by atoms with Gasteiger partial charge in [0.25, 0.3) is 0 Å². The Hall–Kier alpha value is -0.800. The van der Waals surface area contributed by atoms with E-state index in [4.69, 9.17) is 4.42 Å². The molecule has 0 bridgehead atoms. The lowest BCUT2D eigenvalue weighted by Crippen LogP contribution is -2.33. The van der Waals surface area contributed by atoms with Crippen molar-refractivity contribution in [3.63, 3.8) is 0 Å². The van der Waals surface area contributed by atoms with Crippen molar-refractivity contribution in [3.8, 4) is 0 Å². The van der Waals surface area contributed by atoms with Crippen LogP contribution in [-0.2, 0) is 0 Å². The molecular weight excluding hydrogens is 302 g/mol. The number of fused-ring (bicyclic) bond motifs is 1. The van der Waals surface area contributed by atoms with Crippen molar-refractivity contribution in [2.75, 3.05) is 0 Å². The van der Waals surface area contributed by atoms with Gasteiger partial charge >= 0.3 is 0 Å². The SMILES string of the molecule is CC(NC1CCCC1C)c1cc2cc(Br)ccc2o1. The zero-order valence-corrected chi connectivity index (χ0v) is 13.0. The molecule has 102 valence electrons. The van der Waals surface area contributed by atoms with Crippen LogP contribution in [0.1, 0.15) is 44.9 Å². The Labute approximate surface area is 122 Å². The molecule has 1 aromatic carbocycles. The van der Waals surface area contributed by atoms with Crippen molar-refractivity contribution in [1.29, 1.82) is 0 Å². The largest absolute Gasteiger partial charge is 0.459 e. The Morgan fingerprint density at radius 3 is 2.89 bits per heavy atom. The molecule has 3 rings (SSSR count). The second-order valence-corrected chi connectivity index (χ2v) is 6.65. The van der Waals surface area contributed by atoms with E-state index in [0.717, 1.165) is 27.1 Å². The Bertz CT molecular complexity index is 577. The topological polar surface area (TPSA) is 25.2 Å². The van der Waals surface area contributed by atoms with Crippen LogP contribution in [0.5, 0.6) is 0 Å². The molecule has 1 N–H and O–H groups in total. The Balaban J connectivity index is 1.79. The molecular formula is C16H20BrNO. The van der Waals surface area contributed by atoms with Crippen LogP contribution >= 0.6 is 15.9 Å². The van der Waals surface area contributed by atoms with Gasteiger partial charge in [0.15, 0.2) is 0 Å². The minimum Gasteiger partial charge on any atom is -0.459 e. The first-order valence-electron chi connectivity index (χ1n) is 7.08. The van der Waals surface area contributed by atoms with Gasteiger partial charge in [-0.25, -0.2) is 0 Å². The summed E-state index contributed by atoms with van der Waals surface area (Å²) in [5.74, 6) is 1.81. The van der Waals surface area contributed by atoms with Crippen LogP contribution in [0.3, 0.4) is 0 Å². The van der Waals surface area contributed by atoms with Gasteiger partial charge < -0.3 is 9.73 Å². The van der Waals surface area contributed by atoms with Crippen molar-refractivity contribution in [2.24, 2.45) is 5.92 Å². The Kier molecular flexibility index (Phi) is 3.68. The van der Waals surface area contributed by atoms with E-state index in [9.17, 15) is 0 Å². The van der Waals surface area contributed by atoms with Crippen LogP contribution in [0.2, 0.25) is 0 Å². The monoisotopic (exact) mass is 321 g/mol. The van der Waals surface area contributed by atoms with Crippen molar-refractivity contribution in [2.45, 2.75) is 45.2 Å². The summed E-state index contributed by atoms with van der Waals surface area (Å²) in [7, 11) is 0. The van der Waals surface area contributed by atoms with Crippen molar-refractivity contribution in [3.05, 3.63) is 34.5 Å². The lowest BCUT2D eigenvalue weighted by atomic mass is 10.1. The number of hydrogen-bond acceptors (Lipinski definition) is 2. The number of benzene rings is 1. The molecule has 1 saturated carbocycles. The van der Waals surface area contributed by atoms with E-state index in [1.807, 2.05) is 12.1 Å². The molecule has 19 heavy (non-hydrogen) atoms. The molecule has 0 saturated heterocycles. The van der Waals surface area contributed by atoms with Crippen molar-refractivity contribution >= 4 is 26.9 Å². The van der Waals surface area contributed by atoms with E-state index < -0.39 is 0 Å². The third kappa shape index (κ3) is 2.72. The van der Waals surface area contributed by atoms with Crippen LogP contribution < -0.4 is 5.32 Å². The molecule has 3 unspecified atom stereocenters. The summed E-state index contributed by atoms with van der Waals surface area (Å²) in [5, 5.41) is 4.88. The molecule has 1 aliphatic rings. The lowest BCUT2D eigenvalue weighted by molar-refractivity contribution is 0.357. The molecule has 1 aromatic heterocycles. The van der Waals surface area contributed by atoms with Crippen molar-refractivity contribution < 1.29 is 4.42 Å². The lowest BCUT2D eigenvalue weighted by Gasteiger charge is -2.21. The standard InChI is InChI=1S/C16H20BrNO/c1-10-4-3-5-14(10)18-11(2)16-9-12-8-13(17)6-7-15(12)19-16/h6-11,14,18H,3-5H2,1-2H3. The van der Waals surface area contributed by atoms with Gasteiger partial charge in [0.05, 0.1) is 6.04 Å². The van der Waals surface area contributed by atoms with Gasteiger partial charge in [-0.1, -0.05) is 29.3 Å². The van der Waals surface area contributed by atoms with Crippen LogP contribution in [0.25, 0.3) is 11.0 Å². The Morgan fingerprint density at radius 2 is 2.16 bits per heavy atom. The van der Waals surface area contributed by atoms with Crippen LogP contribution in [-0.4, -0.2) is 6.04 Å². The van der Waals surface area contributed by atoms with E-state index in [1.165, 1.54) is 19.3 Å². The van der Waals surface area contributed by atoms with E-state index in [1.54, 1.807) is 0 Å². The molecule has 0 spiro atoms. The average molecular weight is 322 g/mol. The number of nitrogens with one attached hydrogen (secondary N) is 1. The van der Waals surface area contributed by atoms with E-state index in [0.29, 0.717) is 6.04 Å². The fourth-order valence-corrected chi connectivity index (χ4v) is 3.42. The third-order valence-electron chi connectivity index (χ3n) is 4.25. The highest BCUT2D eigenvalue weighted by Crippen LogP contribution is 2.30. The first kappa shape index (κ1) is 13.2. The fourth-order valence-electron chi connectivity index (χ4n) is 3.04. The van der Waals surface area contributed by atoms with E-state index >= 15 is 0 Å². The highest BCUT2D eigenvalue weighted by molar-refractivity contribution is 9.10. The minimum absolute atomic E-state index is 0.275. The zero-order chi connectivity index (χ0) is 13.4. The third-order valence-corrected chi connectivity index (χ3v) is 4.74. The summed E-state index contributed by atoms with van der Waals surface area (Å²) in [6.07, 6.45) is 3.98. The quantitative estimate of drug-likeness (QED) is 0.857. The summed E-state index contributed by atoms with van der Waals surface area (Å²) >= 11 is 3.50. The van der Waals surface area contributed by atoms with Gasteiger partial charge in [0.1, 0.15) is 11.3 Å². The molecule has 0 radical (unpaired) electrons. The summed E-state index contributed by atoms with van der Waals surface area (Å²) in [5.41, 5.74) is 0.964. The fraction of sp³-hybridized carbons (Fsp3) is 0.500. The summed E-state index contributed by atoms with van der Waals surface area (Å²) in [6, 6.07) is 9.21. The zero-order valence-electron chi connectivity index (χ0n) is 11.4.